The third-order valence-corrected chi connectivity index (χ3v) is 4.00. The molecule has 7 heteroatoms. The van der Waals surface area contributed by atoms with Gasteiger partial charge in [-0.3, -0.25) is 4.79 Å². The molecule has 3 aromatic rings. The van der Waals surface area contributed by atoms with Crippen molar-refractivity contribution in [2.45, 2.75) is 6.92 Å². The molecular weight excluding hydrogens is 350 g/mol. The summed E-state index contributed by atoms with van der Waals surface area (Å²) in [7, 11) is 0. The molecule has 0 aliphatic rings. The third kappa shape index (κ3) is 4.15. The molecule has 0 fully saturated rings. The van der Waals surface area contributed by atoms with Crippen molar-refractivity contribution in [2.75, 3.05) is 10.6 Å². The molecule has 128 valence electrons. The quantitative estimate of drug-likeness (QED) is 0.720. The van der Waals surface area contributed by atoms with Crippen LogP contribution in [-0.4, -0.2) is 16.1 Å². The van der Waals surface area contributed by atoms with E-state index in [0.717, 1.165) is 11.3 Å². The first kappa shape index (κ1) is 17.4. The van der Waals surface area contributed by atoms with Gasteiger partial charge in [0.25, 0.3) is 5.91 Å². The van der Waals surface area contributed by atoms with Crippen LogP contribution in [0.3, 0.4) is 0 Å². The van der Waals surface area contributed by atoms with Gasteiger partial charge in [-0.25, -0.2) is 0 Å². The van der Waals surface area contributed by atoms with Gasteiger partial charge < -0.3 is 10.6 Å². The van der Waals surface area contributed by atoms with E-state index in [1.807, 2.05) is 25.1 Å². The van der Waals surface area contributed by atoms with Crippen LogP contribution in [0.25, 0.3) is 0 Å². The summed E-state index contributed by atoms with van der Waals surface area (Å²) >= 11 is 6.10. The fraction of sp³-hybridized carbons (Fsp3) is 0.0526. The van der Waals surface area contributed by atoms with Crippen LogP contribution in [0.15, 0.2) is 54.6 Å². The molecule has 0 spiro atoms. The van der Waals surface area contributed by atoms with Crippen LogP contribution >= 0.6 is 11.6 Å². The molecule has 0 unspecified atom stereocenters. The average molecular weight is 364 g/mol. The molecule has 2 aromatic carbocycles. The van der Waals surface area contributed by atoms with E-state index in [1.165, 1.54) is 0 Å². The Bertz CT molecular complexity index is 996. The number of nitrogens with zero attached hydrogens (tertiary/aromatic N) is 3. The summed E-state index contributed by atoms with van der Waals surface area (Å²) in [5, 5.41) is 23.2. The second kappa shape index (κ2) is 7.64. The van der Waals surface area contributed by atoms with Crippen molar-refractivity contribution in [3.8, 4) is 6.07 Å². The van der Waals surface area contributed by atoms with Gasteiger partial charge in [0.15, 0.2) is 11.5 Å². The predicted molar refractivity (Wildman–Crippen MR) is 101 cm³/mol. The van der Waals surface area contributed by atoms with Gasteiger partial charge in [-0.2, -0.15) is 5.26 Å². The minimum atomic E-state index is -0.405. The highest BCUT2D eigenvalue weighted by Gasteiger charge is 2.09. The van der Waals surface area contributed by atoms with Gasteiger partial charge >= 0.3 is 0 Å². The Balaban J connectivity index is 1.69. The van der Waals surface area contributed by atoms with Crippen molar-refractivity contribution in [3.63, 3.8) is 0 Å². The van der Waals surface area contributed by atoms with Gasteiger partial charge in [-0.05, 0) is 55.0 Å². The lowest BCUT2D eigenvalue weighted by molar-refractivity contribution is 0.102. The fourth-order valence-electron chi connectivity index (χ4n) is 2.20. The Labute approximate surface area is 155 Å². The predicted octanol–water partition coefficient (Wildman–Crippen LogP) is 4.31. The van der Waals surface area contributed by atoms with Gasteiger partial charge in [0.2, 0.25) is 0 Å². The molecule has 6 nitrogen and oxygen atoms in total. The van der Waals surface area contributed by atoms with Gasteiger partial charge in [-0.15, -0.1) is 10.2 Å². The maximum Gasteiger partial charge on any atom is 0.276 e. The van der Waals surface area contributed by atoms with Crippen molar-refractivity contribution in [3.05, 3.63) is 76.4 Å². The van der Waals surface area contributed by atoms with E-state index in [4.69, 9.17) is 16.9 Å². The second-order valence-electron chi connectivity index (χ2n) is 5.54. The number of hydrogen-bond donors (Lipinski definition) is 2. The lowest BCUT2D eigenvalue weighted by atomic mass is 10.2. The highest BCUT2D eigenvalue weighted by molar-refractivity contribution is 6.31. The SMILES string of the molecule is Cc1ccc(Nc2ccc(C(=O)Nc3cccc(C#N)c3)nn2)cc1Cl. The van der Waals surface area contributed by atoms with Gasteiger partial charge in [0.1, 0.15) is 0 Å². The number of halogens is 1. The Morgan fingerprint density at radius 3 is 2.62 bits per heavy atom. The van der Waals surface area contributed by atoms with Crippen LogP contribution in [0.2, 0.25) is 5.02 Å². The maximum atomic E-state index is 12.2. The largest absolute Gasteiger partial charge is 0.339 e. The Morgan fingerprint density at radius 1 is 1.08 bits per heavy atom. The van der Waals surface area contributed by atoms with Crippen LogP contribution in [0.1, 0.15) is 21.6 Å². The van der Waals surface area contributed by atoms with Crippen LogP contribution in [0, 0.1) is 18.3 Å². The molecule has 0 saturated carbocycles. The standard InChI is InChI=1S/C19H14ClN5O/c1-12-5-6-15(10-16(12)20)22-18-8-7-17(24-25-18)19(26)23-14-4-2-3-13(9-14)11-21/h2-10H,1H3,(H,22,25)(H,23,26). The Kier molecular flexibility index (Phi) is 5.11. The zero-order valence-corrected chi connectivity index (χ0v) is 14.6. The summed E-state index contributed by atoms with van der Waals surface area (Å²) in [6.45, 7) is 1.92. The molecule has 3 rings (SSSR count). The van der Waals surface area contributed by atoms with E-state index < -0.39 is 5.91 Å². The molecule has 1 amide bonds. The lowest BCUT2D eigenvalue weighted by Crippen LogP contribution is -2.14. The van der Waals surface area contributed by atoms with E-state index in [9.17, 15) is 4.79 Å². The highest BCUT2D eigenvalue weighted by atomic mass is 35.5. The summed E-state index contributed by atoms with van der Waals surface area (Å²) < 4.78 is 0. The molecule has 2 N–H and O–H groups in total. The number of anilines is 3. The van der Waals surface area contributed by atoms with Crippen molar-refractivity contribution >= 4 is 34.7 Å². The topological polar surface area (TPSA) is 90.7 Å². The molecule has 26 heavy (non-hydrogen) atoms. The number of benzene rings is 2. The highest BCUT2D eigenvalue weighted by Crippen LogP contribution is 2.22. The molecule has 0 radical (unpaired) electrons. The number of nitrogens with one attached hydrogen (secondary N) is 2. The molecule has 1 heterocycles. The summed E-state index contributed by atoms with van der Waals surface area (Å²) in [4.78, 5) is 12.2. The summed E-state index contributed by atoms with van der Waals surface area (Å²) in [6, 6.07) is 17.4. The van der Waals surface area contributed by atoms with Gasteiger partial charge in [0, 0.05) is 16.4 Å². The summed E-state index contributed by atoms with van der Waals surface area (Å²) in [5.41, 5.74) is 2.91. The molecule has 0 aliphatic carbocycles. The third-order valence-electron chi connectivity index (χ3n) is 3.59. The van der Waals surface area contributed by atoms with E-state index in [-0.39, 0.29) is 5.69 Å². The first-order valence-electron chi connectivity index (χ1n) is 7.73. The molecule has 0 atom stereocenters. The van der Waals surface area contributed by atoms with Crippen molar-refractivity contribution in [1.82, 2.24) is 10.2 Å². The van der Waals surface area contributed by atoms with Gasteiger partial charge in [-0.1, -0.05) is 23.7 Å². The van der Waals surface area contributed by atoms with E-state index >= 15 is 0 Å². The van der Waals surface area contributed by atoms with Crippen molar-refractivity contribution in [1.29, 1.82) is 5.26 Å². The minimum Gasteiger partial charge on any atom is -0.339 e. The number of amides is 1. The molecule has 1 aromatic heterocycles. The second-order valence-corrected chi connectivity index (χ2v) is 5.95. The summed E-state index contributed by atoms with van der Waals surface area (Å²) in [6.07, 6.45) is 0. The van der Waals surface area contributed by atoms with Gasteiger partial charge in [0.05, 0.1) is 11.6 Å². The number of aryl methyl sites for hydroxylation is 1. The van der Waals surface area contributed by atoms with Crippen LogP contribution in [0.5, 0.6) is 0 Å². The number of hydrogen-bond acceptors (Lipinski definition) is 5. The van der Waals surface area contributed by atoms with Crippen molar-refractivity contribution < 1.29 is 4.79 Å². The number of rotatable bonds is 4. The van der Waals surface area contributed by atoms with Crippen LogP contribution in [0.4, 0.5) is 17.2 Å². The Hall–Kier alpha value is -3.43. The molecule has 0 bridgehead atoms. The zero-order chi connectivity index (χ0) is 18.5. The number of nitriles is 1. The van der Waals surface area contributed by atoms with Crippen LogP contribution in [-0.2, 0) is 0 Å². The first-order chi connectivity index (χ1) is 12.5. The van der Waals surface area contributed by atoms with Crippen LogP contribution < -0.4 is 10.6 Å². The fourth-order valence-corrected chi connectivity index (χ4v) is 2.38. The minimum absolute atomic E-state index is 0.167. The van der Waals surface area contributed by atoms with E-state index in [1.54, 1.807) is 42.5 Å². The lowest BCUT2D eigenvalue weighted by Gasteiger charge is -2.08. The number of aromatic nitrogens is 2. The molecular formula is C19H14ClN5O. The number of carbonyl (C=O) groups excluding carboxylic acids is 1. The maximum absolute atomic E-state index is 12.2. The normalized spacial score (nSPS) is 10.0. The zero-order valence-electron chi connectivity index (χ0n) is 13.8. The van der Waals surface area contributed by atoms with E-state index in [0.29, 0.717) is 22.1 Å². The molecule has 0 aliphatic heterocycles. The average Bonchev–Trinajstić information content (AvgIpc) is 2.65. The van der Waals surface area contributed by atoms with Crippen molar-refractivity contribution in [2.24, 2.45) is 0 Å². The molecule has 0 saturated heterocycles. The number of carbonyl (C=O) groups is 1. The summed E-state index contributed by atoms with van der Waals surface area (Å²) in [5.74, 6) is 0.0884. The smallest absolute Gasteiger partial charge is 0.276 e. The van der Waals surface area contributed by atoms with E-state index in [2.05, 4.69) is 20.8 Å². The Morgan fingerprint density at radius 2 is 1.92 bits per heavy atom. The first-order valence-corrected chi connectivity index (χ1v) is 8.11. The monoisotopic (exact) mass is 363 g/mol.